The average Bonchev–Trinajstić information content (AvgIpc) is 3.26. The van der Waals surface area contributed by atoms with Gasteiger partial charge in [-0.1, -0.05) is 0 Å². The fourth-order valence-corrected chi connectivity index (χ4v) is 6.43. The number of aromatic amines is 1. The van der Waals surface area contributed by atoms with Gasteiger partial charge in [-0.3, -0.25) is 9.69 Å². The smallest absolute Gasteiger partial charge is 0.253 e. The zero-order valence-corrected chi connectivity index (χ0v) is 20.5. The number of likely N-dealkylation sites (tertiary alicyclic amines) is 1. The van der Waals surface area contributed by atoms with Gasteiger partial charge in [0, 0.05) is 73.0 Å². The molecule has 7 nitrogen and oxygen atoms in total. The molecule has 2 N–H and O–H groups in total. The summed E-state index contributed by atoms with van der Waals surface area (Å²) in [5, 5.41) is 11.6. The number of fused-ring (bicyclic) bond motifs is 4. The van der Waals surface area contributed by atoms with Crippen molar-refractivity contribution in [2.45, 2.75) is 24.3 Å². The predicted molar refractivity (Wildman–Crippen MR) is 134 cm³/mol. The lowest BCUT2D eigenvalue weighted by Crippen LogP contribution is -2.67. The Morgan fingerprint density at radius 3 is 2.61 bits per heavy atom. The predicted octanol–water partition coefficient (Wildman–Crippen LogP) is 3.49. The molecule has 2 fully saturated rings. The van der Waals surface area contributed by atoms with Gasteiger partial charge >= 0.3 is 0 Å². The van der Waals surface area contributed by atoms with E-state index in [2.05, 4.69) is 16.0 Å². The van der Waals surface area contributed by atoms with Gasteiger partial charge in [0.15, 0.2) is 0 Å². The van der Waals surface area contributed by atoms with Gasteiger partial charge in [-0.15, -0.1) is 0 Å². The van der Waals surface area contributed by atoms with Crippen LogP contribution in [0.1, 0.15) is 40.5 Å². The van der Waals surface area contributed by atoms with Gasteiger partial charge < -0.3 is 24.5 Å². The van der Waals surface area contributed by atoms with Gasteiger partial charge in [0.1, 0.15) is 11.6 Å². The van der Waals surface area contributed by atoms with Gasteiger partial charge in [-0.05, 0) is 60.7 Å². The molecule has 36 heavy (non-hydrogen) atoms. The SMILES string of the molecule is COc1ccc2c3c([nH]c2c1)[C@H](CO)N(CC1CCOCC1)CC31CN(C(=O)c2ccc(F)cc2)C1. The van der Waals surface area contributed by atoms with E-state index in [1.165, 1.54) is 17.7 Å². The highest BCUT2D eigenvalue weighted by Gasteiger charge is 2.54. The van der Waals surface area contributed by atoms with Crippen molar-refractivity contribution in [3.63, 3.8) is 0 Å². The lowest BCUT2D eigenvalue weighted by Gasteiger charge is -2.56. The highest BCUT2D eigenvalue weighted by molar-refractivity contribution is 5.96. The van der Waals surface area contributed by atoms with Crippen LogP contribution in [0, 0.1) is 11.7 Å². The summed E-state index contributed by atoms with van der Waals surface area (Å²) in [6.45, 7) is 4.41. The number of H-pyrrole nitrogens is 1. The Morgan fingerprint density at radius 2 is 1.92 bits per heavy atom. The van der Waals surface area contributed by atoms with Crippen molar-refractivity contribution < 1.29 is 23.8 Å². The maximum atomic E-state index is 13.4. The van der Waals surface area contributed by atoms with Crippen molar-refractivity contribution in [1.29, 1.82) is 0 Å². The number of aliphatic hydroxyl groups is 1. The normalized spacial score (nSPS) is 22.0. The maximum absolute atomic E-state index is 13.4. The minimum atomic E-state index is -0.350. The molecule has 3 aromatic rings. The largest absolute Gasteiger partial charge is 0.497 e. The number of nitrogens with one attached hydrogen (secondary N) is 1. The first-order chi connectivity index (χ1) is 17.5. The monoisotopic (exact) mass is 493 g/mol. The standard InChI is InChI=1S/C28H32FN3O4/c1-35-21-6-7-22-23(12-21)30-26-24(14-33)31(13-18-8-10-36-11-9-18)15-28(25(22)26)16-32(17-28)27(34)19-2-4-20(29)5-3-19/h2-7,12,18,24,30,33H,8-11,13-17H2,1H3/t24-/m0/s1. The van der Waals surface area contributed by atoms with E-state index in [0.29, 0.717) is 24.6 Å². The average molecular weight is 494 g/mol. The van der Waals surface area contributed by atoms with E-state index in [1.54, 1.807) is 19.2 Å². The van der Waals surface area contributed by atoms with Gasteiger partial charge in [-0.25, -0.2) is 4.39 Å². The number of aliphatic hydroxyl groups excluding tert-OH is 1. The van der Waals surface area contributed by atoms with Crippen LogP contribution in [0.5, 0.6) is 5.75 Å². The molecule has 6 rings (SSSR count). The molecule has 1 aromatic heterocycles. The fraction of sp³-hybridized carbons (Fsp3) is 0.464. The number of hydrogen-bond donors (Lipinski definition) is 2. The van der Waals surface area contributed by atoms with E-state index in [-0.39, 0.29) is 29.8 Å². The lowest BCUT2D eigenvalue weighted by molar-refractivity contribution is -0.0153. The number of amides is 1. The van der Waals surface area contributed by atoms with Gasteiger partial charge in [0.2, 0.25) is 0 Å². The molecule has 8 heteroatoms. The number of carbonyl (C=O) groups excluding carboxylic acids is 1. The highest BCUT2D eigenvalue weighted by atomic mass is 19.1. The number of benzene rings is 2. The summed E-state index contributed by atoms with van der Waals surface area (Å²) in [7, 11) is 1.66. The molecule has 1 atom stereocenters. The number of halogens is 1. The molecule has 2 aromatic carbocycles. The minimum Gasteiger partial charge on any atom is -0.497 e. The molecule has 190 valence electrons. The van der Waals surface area contributed by atoms with Gasteiger partial charge in [0.05, 0.1) is 19.8 Å². The zero-order chi connectivity index (χ0) is 24.9. The molecule has 2 saturated heterocycles. The number of rotatable bonds is 5. The van der Waals surface area contributed by atoms with Crippen LogP contribution in [0.3, 0.4) is 0 Å². The van der Waals surface area contributed by atoms with Crippen LogP contribution < -0.4 is 4.74 Å². The lowest BCUT2D eigenvalue weighted by atomic mass is 9.68. The highest BCUT2D eigenvalue weighted by Crippen LogP contribution is 2.49. The molecule has 3 aliphatic rings. The number of methoxy groups -OCH3 is 1. The first kappa shape index (κ1) is 23.5. The third kappa shape index (κ3) is 3.88. The molecular formula is C28H32FN3O4. The Bertz CT molecular complexity index is 1260. The topological polar surface area (TPSA) is 78.0 Å². The number of nitrogens with zero attached hydrogens (tertiary/aromatic N) is 2. The number of carbonyl (C=O) groups is 1. The van der Waals surface area contributed by atoms with Crippen LogP contribution in [-0.4, -0.2) is 78.9 Å². The third-order valence-electron chi connectivity index (χ3n) is 8.22. The van der Waals surface area contributed by atoms with Crippen molar-refractivity contribution in [3.05, 3.63) is 65.1 Å². The van der Waals surface area contributed by atoms with Crippen molar-refractivity contribution in [2.24, 2.45) is 5.92 Å². The Kier molecular flexibility index (Phi) is 5.98. The summed E-state index contributed by atoms with van der Waals surface area (Å²) in [5.74, 6) is 0.866. The molecule has 4 heterocycles. The summed E-state index contributed by atoms with van der Waals surface area (Å²) in [6.07, 6.45) is 2.04. The van der Waals surface area contributed by atoms with Gasteiger partial charge in [-0.2, -0.15) is 0 Å². The van der Waals surface area contributed by atoms with Crippen molar-refractivity contribution in [1.82, 2.24) is 14.8 Å². The van der Waals surface area contributed by atoms with Crippen molar-refractivity contribution in [3.8, 4) is 5.75 Å². The first-order valence-corrected chi connectivity index (χ1v) is 12.7. The van der Waals surface area contributed by atoms with Crippen LogP contribution in [0.25, 0.3) is 10.9 Å². The second-order valence-electron chi connectivity index (χ2n) is 10.5. The molecule has 1 spiro atoms. The zero-order valence-electron chi connectivity index (χ0n) is 20.5. The maximum Gasteiger partial charge on any atom is 0.253 e. The molecule has 0 radical (unpaired) electrons. The molecule has 3 aliphatic heterocycles. The first-order valence-electron chi connectivity index (χ1n) is 12.7. The molecule has 0 unspecified atom stereocenters. The van der Waals surface area contributed by atoms with Crippen molar-refractivity contribution >= 4 is 16.8 Å². The number of hydrogen-bond acceptors (Lipinski definition) is 5. The third-order valence-corrected chi connectivity index (χ3v) is 8.22. The number of ether oxygens (including phenoxy) is 2. The van der Waals surface area contributed by atoms with Crippen LogP contribution in [-0.2, 0) is 10.2 Å². The molecule has 0 saturated carbocycles. The molecular weight excluding hydrogens is 461 g/mol. The minimum absolute atomic E-state index is 0.0223. The summed E-state index contributed by atoms with van der Waals surface area (Å²) in [5.41, 5.74) is 3.47. The summed E-state index contributed by atoms with van der Waals surface area (Å²) < 4.78 is 24.4. The van der Waals surface area contributed by atoms with E-state index < -0.39 is 0 Å². The van der Waals surface area contributed by atoms with E-state index >= 15 is 0 Å². The van der Waals surface area contributed by atoms with Crippen LogP contribution >= 0.6 is 0 Å². The van der Waals surface area contributed by atoms with E-state index in [9.17, 15) is 14.3 Å². The summed E-state index contributed by atoms with van der Waals surface area (Å²) >= 11 is 0. The van der Waals surface area contributed by atoms with Crippen LogP contribution in [0.4, 0.5) is 4.39 Å². The molecule has 0 bridgehead atoms. The Hall–Kier alpha value is -2.94. The Balaban J connectivity index is 1.36. The van der Waals surface area contributed by atoms with Crippen molar-refractivity contribution in [2.75, 3.05) is 53.1 Å². The Morgan fingerprint density at radius 1 is 1.17 bits per heavy atom. The van der Waals surface area contributed by atoms with E-state index in [0.717, 1.165) is 61.5 Å². The van der Waals surface area contributed by atoms with Crippen LogP contribution in [0.15, 0.2) is 42.5 Å². The molecule has 1 amide bonds. The van der Waals surface area contributed by atoms with Gasteiger partial charge in [0.25, 0.3) is 5.91 Å². The van der Waals surface area contributed by atoms with E-state index in [1.807, 2.05) is 17.0 Å². The second-order valence-corrected chi connectivity index (χ2v) is 10.5. The number of aromatic nitrogens is 1. The second kappa shape index (κ2) is 9.18. The summed E-state index contributed by atoms with van der Waals surface area (Å²) in [6, 6.07) is 11.7. The molecule has 0 aliphatic carbocycles. The Labute approximate surface area is 209 Å². The fourth-order valence-electron chi connectivity index (χ4n) is 6.43. The van der Waals surface area contributed by atoms with E-state index in [4.69, 9.17) is 9.47 Å². The quantitative estimate of drug-likeness (QED) is 0.569. The summed E-state index contributed by atoms with van der Waals surface area (Å²) in [4.78, 5) is 21.1. The van der Waals surface area contributed by atoms with Crippen LogP contribution in [0.2, 0.25) is 0 Å².